The van der Waals surface area contributed by atoms with Crippen LogP contribution in [-0.2, 0) is 9.59 Å². The molecular weight excluding hydrogens is 336 g/mol. The maximum Gasteiger partial charge on any atom is 0.230 e. The summed E-state index contributed by atoms with van der Waals surface area (Å²) < 4.78 is 0. The Morgan fingerprint density at radius 2 is 1.37 bits per heavy atom. The van der Waals surface area contributed by atoms with E-state index in [9.17, 15) is 9.59 Å². The summed E-state index contributed by atoms with van der Waals surface area (Å²) in [5.41, 5.74) is 2.51. The largest absolute Gasteiger partial charge is 0.326 e. The summed E-state index contributed by atoms with van der Waals surface area (Å²) in [7, 11) is 0. The zero-order chi connectivity index (χ0) is 18.6. The Kier molecular flexibility index (Phi) is 4.71. The van der Waals surface area contributed by atoms with Crippen molar-refractivity contribution in [3.05, 3.63) is 96.6 Å². The molecule has 2 atom stereocenters. The van der Waals surface area contributed by atoms with Crippen LogP contribution < -0.4 is 10.2 Å². The second-order valence-electron chi connectivity index (χ2n) is 6.62. The fraction of sp³-hybridized carbons (Fsp3) is 0.130. The van der Waals surface area contributed by atoms with Gasteiger partial charge in [0.05, 0.1) is 12.0 Å². The van der Waals surface area contributed by atoms with Crippen LogP contribution in [0.2, 0.25) is 0 Å². The topological polar surface area (TPSA) is 49.4 Å². The number of rotatable bonds is 4. The Morgan fingerprint density at radius 3 is 2.00 bits per heavy atom. The highest BCUT2D eigenvalue weighted by atomic mass is 16.2. The van der Waals surface area contributed by atoms with Crippen molar-refractivity contribution in [3.63, 3.8) is 0 Å². The summed E-state index contributed by atoms with van der Waals surface area (Å²) in [6, 6.07) is 28.3. The molecule has 0 bridgehead atoms. The summed E-state index contributed by atoms with van der Waals surface area (Å²) in [4.78, 5) is 27.7. The molecule has 1 N–H and O–H groups in total. The minimum absolute atomic E-state index is 0.0386. The number of hydrogen-bond donors (Lipinski definition) is 1. The molecule has 1 heterocycles. The SMILES string of the molecule is O=C(Nc1ccccc1)[C@@H]1CC(=O)N(c2ccccc2)[C@@H]1c1ccccc1. The first-order valence-corrected chi connectivity index (χ1v) is 9.02. The summed E-state index contributed by atoms with van der Waals surface area (Å²) in [6.07, 6.45) is 0.188. The Bertz CT molecular complexity index is 926. The standard InChI is InChI=1S/C23H20N2O2/c26-21-16-20(23(27)24-18-12-6-2-7-13-18)22(17-10-4-1-5-11-17)25(21)19-14-8-3-9-15-19/h1-15,20,22H,16H2,(H,24,27)/t20-,22-/m1/s1. The minimum atomic E-state index is -0.458. The Labute approximate surface area is 158 Å². The van der Waals surface area contributed by atoms with Gasteiger partial charge in [0.15, 0.2) is 0 Å². The average Bonchev–Trinajstić information content (AvgIpc) is 3.07. The van der Waals surface area contributed by atoms with Crippen LogP contribution in [0.4, 0.5) is 11.4 Å². The number of amides is 2. The molecule has 0 radical (unpaired) electrons. The fourth-order valence-electron chi connectivity index (χ4n) is 3.65. The lowest BCUT2D eigenvalue weighted by Crippen LogP contribution is -2.32. The zero-order valence-electron chi connectivity index (χ0n) is 14.8. The van der Waals surface area contributed by atoms with Gasteiger partial charge in [-0.2, -0.15) is 0 Å². The number of benzene rings is 3. The third-order valence-corrected chi connectivity index (χ3v) is 4.88. The van der Waals surface area contributed by atoms with Crippen molar-refractivity contribution in [2.75, 3.05) is 10.2 Å². The van der Waals surface area contributed by atoms with Gasteiger partial charge >= 0.3 is 0 Å². The fourth-order valence-corrected chi connectivity index (χ4v) is 3.65. The van der Waals surface area contributed by atoms with Crippen molar-refractivity contribution in [1.29, 1.82) is 0 Å². The quantitative estimate of drug-likeness (QED) is 0.752. The van der Waals surface area contributed by atoms with Crippen molar-refractivity contribution >= 4 is 23.2 Å². The van der Waals surface area contributed by atoms with Gasteiger partial charge in [-0.15, -0.1) is 0 Å². The second-order valence-corrected chi connectivity index (χ2v) is 6.62. The van der Waals surface area contributed by atoms with Crippen molar-refractivity contribution < 1.29 is 9.59 Å². The molecule has 4 nitrogen and oxygen atoms in total. The van der Waals surface area contributed by atoms with Crippen molar-refractivity contribution in [1.82, 2.24) is 0 Å². The number of hydrogen-bond acceptors (Lipinski definition) is 2. The molecule has 0 aromatic heterocycles. The van der Waals surface area contributed by atoms with Crippen molar-refractivity contribution in [3.8, 4) is 0 Å². The van der Waals surface area contributed by atoms with Gasteiger partial charge in [0, 0.05) is 17.8 Å². The third kappa shape index (κ3) is 3.47. The number of nitrogens with one attached hydrogen (secondary N) is 1. The van der Waals surface area contributed by atoms with E-state index in [1.165, 1.54) is 0 Å². The van der Waals surface area contributed by atoms with Crippen LogP contribution in [0, 0.1) is 5.92 Å². The molecule has 4 heteroatoms. The van der Waals surface area contributed by atoms with Gasteiger partial charge < -0.3 is 10.2 Å². The van der Waals surface area contributed by atoms with Crippen LogP contribution in [-0.4, -0.2) is 11.8 Å². The normalized spacial score (nSPS) is 19.1. The van der Waals surface area contributed by atoms with E-state index in [-0.39, 0.29) is 24.3 Å². The molecule has 2 amide bonds. The molecule has 3 aromatic carbocycles. The van der Waals surface area contributed by atoms with Crippen LogP contribution >= 0.6 is 0 Å². The molecule has 1 aliphatic rings. The summed E-state index contributed by atoms with van der Waals surface area (Å²) >= 11 is 0. The third-order valence-electron chi connectivity index (χ3n) is 4.88. The lowest BCUT2D eigenvalue weighted by Gasteiger charge is -2.28. The van der Waals surface area contributed by atoms with E-state index in [1.54, 1.807) is 4.90 Å². The molecule has 4 rings (SSSR count). The van der Waals surface area contributed by atoms with Crippen molar-refractivity contribution in [2.45, 2.75) is 12.5 Å². The number of anilines is 2. The highest BCUT2D eigenvalue weighted by Crippen LogP contribution is 2.41. The lowest BCUT2D eigenvalue weighted by molar-refractivity contribution is -0.122. The lowest BCUT2D eigenvalue weighted by atomic mass is 9.92. The van der Waals surface area contributed by atoms with Gasteiger partial charge in [-0.3, -0.25) is 9.59 Å². The molecule has 0 saturated carbocycles. The van der Waals surface area contributed by atoms with E-state index < -0.39 is 5.92 Å². The second kappa shape index (κ2) is 7.46. The molecule has 27 heavy (non-hydrogen) atoms. The minimum Gasteiger partial charge on any atom is -0.326 e. The van der Waals surface area contributed by atoms with Gasteiger partial charge in [0.25, 0.3) is 0 Å². The molecular formula is C23H20N2O2. The van der Waals surface area contributed by atoms with Gasteiger partial charge in [-0.1, -0.05) is 66.7 Å². The van der Waals surface area contributed by atoms with Crippen molar-refractivity contribution in [2.24, 2.45) is 5.92 Å². The molecule has 1 fully saturated rings. The average molecular weight is 356 g/mol. The van der Waals surface area contributed by atoms with Gasteiger partial charge in [-0.05, 0) is 29.8 Å². The Morgan fingerprint density at radius 1 is 0.815 bits per heavy atom. The number of carbonyl (C=O) groups is 2. The molecule has 1 saturated heterocycles. The molecule has 0 aliphatic carbocycles. The van der Waals surface area contributed by atoms with Crippen LogP contribution in [0.5, 0.6) is 0 Å². The van der Waals surface area contributed by atoms with E-state index in [0.29, 0.717) is 0 Å². The van der Waals surface area contributed by atoms with Gasteiger partial charge in [-0.25, -0.2) is 0 Å². The number of nitrogens with zero attached hydrogens (tertiary/aromatic N) is 1. The Balaban J connectivity index is 1.70. The molecule has 0 spiro atoms. The summed E-state index contributed by atoms with van der Waals surface area (Å²) in [5, 5.41) is 2.96. The summed E-state index contributed by atoms with van der Waals surface area (Å²) in [6.45, 7) is 0. The smallest absolute Gasteiger partial charge is 0.230 e. The summed E-state index contributed by atoms with van der Waals surface area (Å²) in [5.74, 6) is -0.634. The van der Waals surface area contributed by atoms with E-state index in [2.05, 4.69) is 5.32 Å². The molecule has 134 valence electrons. The predicted molar refractivity (Wildman–Crippen MR) is 106 cm³/mol. The molecule has 3 aromatic rings. The first-order chi connectivity index (χ1) is 13.2. The zero-order valence-corrected chi connectivity index (χ0v) is 14.8. The maximum atomic E-state index is 13.0. The van der Waals surface area contributed by atoms with Crippen LogP contribution in [0.3, 0.4) is 0 Å². The van der Waals surface area contributed by atoms with E-state index in [0.717, 1.165) is 16.9 Å². The van der Waals surface area contributed by atoms with Crippen LogP contribution in [0.1, 0.15) is 18.0 Å². The van der Waals surface area contributed by atoms with Crippen LogP contribution in [0.15, 0.2) is 91.0 Å². The van der Waals surface area contributed by atoms with Crippen LogP contribution in [0.25, 0.3) is 0 Å². The monoisotopic (exact) mass is 356 g/mol. The predicted octanol–water partition coefficient (Wildman–Crippen LogP) is 4.42. The molecule has 1 aliphatic heterocycles. The highest BCUT2D eigenvalue weighted by Gasteiger charge is 2.45. The maximum absolute atomic E-state index is 13.0. The number of para-hydroxylation sites is 2. The first-order valence-electron chi connectivity index (χ1n) is 9.02. The van der Waals surface area contributed by atoms with E-state index in [1.807, 2.05) is 91.0 Å². The highest BCUT2D eigenvalue weighted by molar-refractivity contribution is 6.04. The first kappa shape index (κ1) is 17.0. The van der Waals surface area contributed by atoms with E-state index in [4.69, 9.17) is 0 Å². The molecule has 0 unspecified atom stereocenters. The number of carbonyl (C=O) groups excluding carboxylic acids is 2. The van der Waals surface area contributed by atoms with Gasteiger partial charge in [0.1, 0.15) is 0 Å². The van der Waals surface area contributed by atoms with E-state index >= 15 is 0 Å². The Hall–Kier alpha value is -3.40. The van der Waals surface area contributed by atoms with Gasteiger partial charge in [0.2, 0.25) is 11.8 Å².